The van der Waals surface area contributed by atoms with E-state index in [1.54, 1.807) is 17.0 Å². The van der Waals surface area contributed by atoms with Gasteiger partial charge in [0.1, 0.15) is 0 Å². The number of hydrogen-bond donors (Lipinski definition) is 2. The van der Waals surface area contributed by atoms with Crippen molar-refractivity contribution in [1.29, 1.82) is 0 Å². The van der Waals surface area contributed by atoms with Gasteiger partial charge in [0.2, 0.25) is 0 Å². The number of nitro groups is 1. The van der Waals surface area contributed by atoms with Gasteiger partial charge in [0.15, 0.2) is 0 Å². The molecule has 10 nitrogen and oxygen atoms in total. The molecular formula is C31H32N6O4. The molecule has 2 N–H and O–H groups in total. The molecule has 210 valence electrons. The van der Waals surface area contributed by atoms with Gasteiger partial charge in [0.05, 0.1) is 39.5 Å². The first-order valence-electron chi connectivity index (χ1n) is 13.9. The Morgan fingerprint density at radius 1 is 1.00 bits per heavy atom. The van der Waals surface area contributed by atoms with Crippen molar-refractivity contribution in [2.45, 2.75) is 19.5 Å². The summed E-state index contributed by atoms with van der Waals surface area (Å²) in [6.45, 7) is 5.76. The minimum Gasteiger partial charge on any atom is -0.396 e. The number of aliphatic hydroxyl groups is 1. The number of rotatable bonds is 9. The average Bonchev–Trinajstić information content (AvgIpc) is 3.56. The molecule has 0 atom stereocenters. The van der Waals surface area contributed by atoms with Crippen LogP contribution in [0.2, 0.25) is 0 Å². The van der Waals surface area contributed by atoms with Gasteiger partial charge in [-0.15, -0.1) is 0 Å². The molecule has 0 saturated carbocycles. The number of anilines is 1. The Morgan fingerprint density at radius 3 is 2.61 bits per heavy atom. The van der Waals surface area contributed by atoms with Crippen molar-refractivity contribution in [2.24, 2.45) is 0 Å². The molecule has 1 aromatic heterocycles. The normalized spacial score (nSPS) is 16.2. The molecule has 1 fully saturated rings. The van der Waals surface area contributed by atoms with E-state index in [2.05, 4.69) is 26.1 Å². The molecule has 4 aromatic rings. The number of carbonyl (C=O) groups is 1. The molecule has 10 heteroatoms. The zero-order valence-electron chi connectivity index (χ0n) is 22.7. The number of carbonyl (C=O) groups excluding carboxylic acids is 1. The van der Waals surface area contributed by atoms with E-state index >= 15 is 0 Å². The molecule has 2 aliphatic rings. The third-order valence-corrected chi connectivity index (χ3v) is 7.95. The van der Waals surface area contributed by atoms with Gasteiger partial charge in [-0.1, -0.05) is 42.5 Å². The van der Waals surface area contributed by atoms with Crippen LogP contribution in [-0.4, -0.2) is 75.3 Å². The summed E-state index contributed by atoms with van der Waals surface area (Å²) in [4.78, 5) is 31.3. The van der Waals surface area contributed by atoms with Gasteiger partial charge in [0, 0.05) is 57.3 Å². The zero-order chi connectivity index (χ0) is 28.3. The molecule has 6 rings (SSSR count). The highest BCUT2D eigenvalue weighted by atomic mass is 16.6. The summed E-state index contributed by atoms with van der Waals surface area (Å²) in [5, 5.41) is 29.3. The Labute approximate surface area is 237 Å². The Kier molecular flexibility index (Phi) is 7.60. The Bertz CT molecular complexity index is 1620. The lowest BCUT2D eigenvalue weighted by atomic mass is 10.1. The fourth-order valence-corrected chi connectivity index (χ4v) is 5.75. The number of nitro benzene ring substituents is 1. The molecule has 3 aromatic carbocycles. The Morgan fingerprint density at radius 2 is 1.80 bits per heavy atom. The first kappa shape index (κ1) is 26.8. The van der Waals surface area contributed by atoms with E-state index in [4.69, 9.17) is 5.11 Å². The van der Waals surface area contributed by atoms with Gasteiger partial charge in [-0.05, 0) is 41.8 Å². The minimum absolute atomic E-state index is 0.0336. The lowest BCUT2D eigenvalue weighted by Crippen LogP contribution is -2.46. The molecule has 0 spiro atoms. The summed E-state index contributed by atoms with van der Waals surface area (Å²) >= 11 is 0. The number of aliphatic hydroxyl groups excluding tert-OH is 1. The molecule has 1 saturated heterocycles. The zero-order valence-corrected chi connectivity index (χ0v) is 22.7. The van der Waals surface area contributed by atoms with E-state index in [-0.39, 0.29) is 24.7 Å². The van der Waals surface area contributed by atoms with Crippen LogP contribution in [0.4, 0.5) is 11.4 Å². The van der Waals surface area contributed by atoms with Crippen molar-refractivity contribution in [3.05, 3.63) is 98.7 Å². The summed E-state index contributed by atoms with van der Waals surface area (Å²) in [6, 6.07) is 18.7. The minimum atomic E-state index is -0.421. The lowest BCUT2D eigenvalue weighted by Gasteiger charge is -2.34. The van der Waals surface area contributed by atoms with Gasteiger partial charge in [-0.3, -0.25) is 24.9 Å². The molecular weight excluding hydrogens is 520 g/mol. The second kappa shape index (κ2) is 11.6. The highest BCUT2D eigenvalue weighted by Gasteiger charge is 2.35. The highest BCUT2D eigenvalue weighted by molar-refractivity contribution is 6.11. The molecule has 0 aliphatic carbocycles. The maximum Gasteiger partial charge on any atom is 0.275 e. The summed E-state index contributed by atoms with van der Waals surface area (Å²) in [6.07, 6.45) is 4.67. The topological polar surface area (TPSA) is 119 Å². The largest absolute Gasteiger partial charge is 0.396 e. The van der Waals surface area contributed by atoms with Gasteiger partial charge in [-0.25, -0.2) is 0 Å². The van der Waals surface area contributed by atoms with Crippen LogP contribution >= 0.6 is 0 Å². The maximum absolute atomic E-state index is 13.6. The average molecular weight is 553 g/mol. The number of benzene rings is 3. The molecule has 3 heterocycles. The van der Waals surface area contributed by atoms with Crippen molar-refractivity contribution < 1.29 is 14.8 Å². The van der Waals surface area contributed by atoms with Crippen molar-refractivity contribution in [1.82, 2.24) is 20.0 Å². The molecule has 41 heavy (non-hydrogen) atoms. The Balaban J connectivity index is 1.31. The van der Waals surface area contributed by atoms with Crippen LogP contribution in [0.25, 0.3) is 23.1 Å². The van der Waals surface area contributed by atoms with E-state index in [0.717, 1.165) is 79.1 Å². The molecule has 2 aliphatic heterocycles. The second-order valence-electron chi connectivity index (χ2n) is 10.5. The number of amides is 1. The van der Waals surface area contributed by atoms with E-state index < -0.39 is 4.92 Å². The number of para-hydroxylation sites is 1. The highest BCUT2D eigenvalue weighted by Crippen LogP contribution is 2.36. The number of nitrogens with zero attached hydrogens (tertiary/aromatic N) is 5. The summed E-state index contributed by atoms with van der Waals surface area (Å²) in [5.41, 5.74) is 5.14. The first-order chi connectivity index (χ1) is 20.0. The monoisotopic (exact) mass is 552 g/mol. The lowest BCUT2D eigenvalue weighted by molar-refractivity contribution is -0.385. The number of nitrogens with one attached hydrogen (secondary N) is 1. The van der Waals surface area contributed by atoms with Crippen molar-refractivity contribution in [3.8, 4) is 0 Å². The van der Waals surface area contributed by atoms with E-state index in [0.29, 0.717) is 11.1 Å². The number of aromatic nitrogens is 2. The predicted octanol–water partition coefficient (Wildman–Crippen LogP) is 4.30. The van der Waals surface area contributed by atoms with E-state index in [9.17, 15) is 14.9 Å². The van der Waals surface area contributed by atoms with Crippen LogP contribution in [-0.2, 0) is 13.1 Å². The Hall–Kier alpha value is -4.38. The van der Waals surface area contributed by atoms with E-state index in [1.165, 1.54) is 6.07 Å². The van der Waals surface area contributed by atoms with Gasteiger partial charge in [-0.2, -0.15) is 5.10 Å². The third kappa shape index (κ3) is 5.49. The van der Waals surface area contributed by atoms with Crippen LogP contribution in [0.3, 0.4) is 0 Å². The fraction of sp³-hybridized carbons (Fsp3) is 0.290. The summed E-state index contributed by atoms with van der Waals surface area (Å²) < 4.78 is 0. The SMILES string of the molecule is O=C1c2cccc([N+](=O)[O-])c2CN1c1cc(CN2CCN(CCCO)CC2)ccc1C=Cc1n[nH]c2ccccc12. The van der Waals surface area contributed by atoms with Crippen LogP contribution in [0.15, 0.2) is 60.7 Å². The number of hydrogen-bond acceptors (Lipinski definition) is 7. The standard InChI is InChI=1S/C31H32N6O4/c38-18-4-13-34-14-16-35(17-15-34)20-22-9-10-23(11-12-28-25-5-1-2-7-27(25)32-33-28)30(19-22)36-21-26-24(31(36)39)6-3-8-29(26)37(40)41/h1-3,5-12,19,38H,4,13-18,20-21H2,(H,32,33). The first-order valence-corrected chi connectivity index (χ1v) is 13.9. The maximum atomic E-state index is 13.6. The number of fused-ring (bicyclic) bond motifs is 2. The van der Waals surface area contributed by atoms with Crippen LogP contribution in [0, 0.1) is 10.1 Å². The molecule has 0 unspecified atom stereocenters. The fourth-order valence-electron chi connectivity index (χ4n) is 5.75. The van der Waals surface area contributed by atoms with Crippen LogP contribution in [0.1, 0.15) is 39.2 Å². The quantitative estimate of drug-likeness (QED) is 0.235. The molecule has 0 bridgehead atoms. The van der Waals surface area contributed by atoms with Gasteiger partial charge >= 0.3 is 0 Å². The predicted molar refractivity (Wildman–Crippen MR) is 158 cm³/mol. The van der Waals surface area contributed by atoms with Gasteiger partial charge < -0.3 is 14.9 Å². The summed E-state index contributed by atoms with van der Waals surface area (Å²) in [5.74, 6) is -0.238. The van der Waals surface area contributed by atoms with Crippen molar-refractivity contribution in [2.75, 3.05) is 44.2 Å². The number of piperazine rings is 1. The van der Waals surface area contributed by atoms with Crippen molar-refractivity contribution >= 4 is 40.3 Å². The van der Waals surface area contributed by atoms with Crippen LogP contribution in [0.5, 0.6) is 0 Å². The molecule has 0 radical (unpaired) electrons. The summed E-state index contributed by atoms with van der Waals surface area (Å²) in [7, 11) is 0. The van der Waals surface area contributed by atoms with E-state index in [1.807, 2.05) is 48.6 Å². The number of H-pyrrole nitrogens is 1. The second-order valence-corrected chi connectivity index (χ2v) is 10.5. The van der Waals surface area contributed by atoms with Crippen molar-refractivity contribution in [3.63, 3.8) is 0 Å². The molecule has 1 amide bonds. The number of aromatic amines is 1. The van der Waals surface area contributed by atoms with Crippen LogP contribution < -0.4 is 4.90 Å². The van der Waals surface area contributed by atoms with Gasteiger partial charge in [0.25, 0.3) is 11.6 Å². The third-order valence-electron chi connectivity index (χ3n) is 7.95. The smallest absolute Gasteiger partial charge is 0.275 e.